The summed E-state index contributed by atoms with van der Waals surface area (Å²) < 4.78 is 1.31. The Bertz CT molecular complexity index is 951. The highest BCUT2D eigenvalue weighted by atomic mass is 35.5. The number of hydrogen-bond acceptors (Lipinski definition) is 5. The van der Waals surface area contributed by atoms with E-state index >= 15 is 0 Å². The zero-order valence-electron chi connectivity index (χ0n) is 15.6. The third-order valence-electron chi connectivity index (χ3n) is 4.11. The fraction of sp³-hybridized carbons (Fsp3) is 0.389. The average molecular weight is 394 g/mol. The summed E-state index contributed by atoms with van der Waals surface area (Å²) in [5.41, 5.74) is 6.39. The summed E-state index contributed by atoms with van der Waals surface area (Å²) >= 11 is 6.12. The van der Waals surface area contributed by atoms with E-state index in [1.807, 2.05) is 19.9 Å². The molecule has 9 heteroatoms. The van der Waals surface area contributed by atoms with Gasteiger partial charge >= 0.3 is 5.69 Å². The molecule has 8 nitrogen and oxygen atoms in total. The number of benzene rings is 1. The Labute approximate surface area is 161 Å². The minimum Gasteiger partial charge on any atom is -0.383 e. The van der Waals surface area contributed by atoms with Crippen molar-refractivity contribution in [2.75, 3.05) is 29.5 Å². The molecule has 1 aromatic carbocycles. The highest BCUT2D eigenvalue weighted by molar-refractivity contribution is 6.33. The number of likely N-dealkylation sites (N-methyl/N-ethyl adjacent to an activating group) is 1. The predicted molar refractivity (Wildman–Crippen MR) is 109 cm³/mol. The normalized spacial score (nSPS) is 10.7. The molecule has 0 unspecified atom stereocenters. The molecule has 2 rings (SSSR count). The number of aromatic amines is 1. The lowest BCUT2D eigenvalue weighted by Crippen LogP contribution is -2.39. The molecule has 0 aliphatic carbocycles. The Hall–Kier alpha value is -2.74. The molecule has 0 aliphatic rings. The average Bonchev–Trinajstić information content (AvgIpc) is 2.57. The summed E-state index contributed by atoms with van der Waals surface area (Å²) in [7, 11) is 1.56. The lowest BCUT2D eigenvalue weighted by Gasteiger charge is -2.21. The molecule has 1 amide bonds. The highest BCUT2D eigenvalue weighted by Gasteiger charge is 2.18. The Balaban J connectivity index is 2.22. The van der Waals surface area contributed by atoms with E-state index < -0.39 is 11.2 Å². The lowest BCUT2D eigenvalue weighted by atomic mass is 10.2. The van der Waals surface area contributed by atoms with Gasteiger partial charge in [-0.15, -0.1) is 0 Å². The smallest absolute Gasteiger partial charge is 0.330 e. The number of rotatable bonds is 7. The van der Waals surface area contributed by atoms with Crippen molar-refractivity contribution in [1.29, 1.82) is 0 Å². The molecule has 146 valence electrons. The summed E-state index contributed by atoms with van der Waals surface area (Å²) in [4.78, 5) is 40.2. The van der Waals surface area contributed by atoms with Crippen LogP contribution in [0.5, 0.6) is 0 Å². The molecule has 0 saturated heterocycles. The van der Waals surface area contributed by atoms with Crippen molar-refractivity contribution in [2.45, 2.75) is 33.2 Å². The third-order valence-corrected chi connectivity index (χ3v) is 4.42. The van der Waals surface area contributed by atoms with Crippen LogP contribution in [0.2, 0.25) is 5.02 Å². The molecule has 0 bridgehead atoms. The summed E-state index contributed by atoms with van der Waals surface area (Å²) in [6.45, 7) is 4.14. The molecule has 0 aliphatic heterocycles. The number of nitrogen functional groups attached to an aromatic ring is 1. The number of aryl methyl sites for hydroxylation is 1. The summed E-state index contributed by atoms with van der Waals surface area (Å²) in [5, 5.41) is 3.13. The molecule has 0 atom stereocenters. The summed E-state index contributed by atoms with van der Waals surface area (Å²) in [6.07, 6.45) is 1.61. The largest absolute Gasteiger partial charge is 0.383 e. The van der Waals surface area contributed by atoms with Gasteiger partial charge in [-0.25, -0.2) is 4.79 Å². The van der Waals surface area contributed by atoms with Gasteiger partial charge in [-0.3, -0.25) is 19.1 Å². The van der Waals surface area contributed by atoms with Crippen LogP contribution in [0.1, 0.15) is 25.3 Å². The molecule has 0 spiro atoms. The van der Waals surface area contributed by atoms with Gasteiger partial charge in [0.1, 0.15) is 11.5 Å². The van der Waals surface area contributed by atoms with Crippen LogP contribution in [0, 0.1) is 6.92 Å². The molecule has 2 aromatic rings. The van der Waals surface area contributed by atoms with Crippen LogP contribution < -0.4 is 27.2 Å². The third kappa shape index (κ3) is 4.91. The monoisotopic (exact) mass is 393 g/mol. The fourth-order valence-electron chi connectivity index (χ4n) is 2.69. The Morgan fingerprint density at radius 1 is 1.37 bits per heavy atom. The number of nitrogens with zero attached hydrogens (tertiary/aromatic N) is 2. The molecule has 0 radical (unpaired) electrons. The second kappa shape index (κ2) is 8.77. The van der Waals surface area contributed by atoms with Crippen molar-refractivity contribution in [2.24, 2.45) is 0 Å². The minimum atomic E-state index is -0.631. The van der Waals surface area contributed by atoms with Gasteiger partial charge in [0.15, 0.2) is 0 Å². The van der Waals surface area contributed by atoms with Gasteiger partial charge in [0.05, 0.1) is 17.3 Å². The van der Waals surface area contributed by atoms with Crippen molar-refractivity contribution < 1.29 is 4.79 Å². The van der Waals surface area contributed by atoms with Crippen molar-refractivity contribution in [3.05, 3.63) is 49.6 Å². The molecule has 0 fully saturated rings. The predicted octanol–water partition coefficient (Wildman–Crippen LogP) is 1.96. The van der Waals surface area contributed by atoms with Crippen LogP contribution in [0.4, 0.5) is 17.2 Å². The Morgan fingerprint density at radius 3 is 2.70 bits per heavy atom. The van der Waals surface area contributed by atoms with Gasteiger partial charge in [0, 0.05) is 13.6 Å². The molecule has 1 heterocycles. The number of hydrogen-bond donors (Lipinski definition) is 3. The van der Waals surface area contributed by atoms with E-state index in [-0.39, 0.29) is 24.0 Å². The summed E-state index contributed by atoms with van der Waals surface area (Å²) in [6, 6.07) is 5.28. The van der Waals surface area contributed by atoms with Crippen LogP contribution in [0.3, 0.4) is 0 Å². The van der Waals surface area contributed by atoms with Crippen LogP contribution in [-0.2, 0) is 11.3 Å². The second-order valence-corrected chi connectivity index (χ2v) is 6.79. The molecule has 27 heavy (non-hydrogen) atoms. The quantitative estimate of drug-likeness (QED) is 0.665. The van der Waals surface area contributed by atoms with Crippen LogP contribution in [0.15, 0.2) is 27.8 Å². The molecule has 0 saturated carbocycles. The highest BCUT2D eigenvalue weighted by Crippen LogP contribution is 2.23. The lowest BCUT2D eigenvalue weighted by molar-refractivity contribution is -0.114. The van der Waals surface area contributed by atoms with Gasteiger partial charge in [0.25, 0.3) is 5.56 Å². The number of anilines is 3. The summed E-state index contributed by atoms with van der Waals surface area (Å²) in [5.74, 6) is -0.325. The van der Waals surface area contributed by atoms with Gasteiger partial charge in [-0.05, 0) is 31.0 Å². The number of aromatic nitrogens is 2. The van der Waals surface area contributed by atoms with Crippen molar-refractivity contribution in [1.82, 2.24) is 9.55 Å². The van der Waals surface area contributed by atoms with E-state index in [9.17, 15) is 14.4 Å². The number of carbonyl (C=O) groups excluding carboxylic acids is 1. The minimum absolute atomic E-state index is 0.0425. The first kappa shape index (κ1) is 20.6. The number of nitrogens with two attached hydrogens (primary N) is 1. The number of nitrogens with one attached hydrogen (secondary N) is 2. The van der Waals surface area contributed by atoms with Gasteiger partial charge < -0.3 is 16.0 Å². The molecule has 1 aromatic heterocycles. The first-order valence-corrected chi connectivity index (χ1v) is 9.02. The number of amides is 1. The van der Waals surface area contributed by atoms with E-state index in [4.69, 9.17) is 17.3 Å². The molecular formula is C18H24ClN5O3. The van der Waals surface area contributed by atoms with Gasteiger partial charge in [0.2, 0.25) is 5.91 Å². The van der Waals surface area contributed by atoms with Crippen molar-refractivity contribution in [3.8, 4) is 0 Å². The van der Waals surface area contributed by atoms with Crippen molar-refractivity contribution in [3.63, 3.8) is 0 Å². The maximum Gasteiger partial charge on any atom is 0.330 e. The van der Waals surface area contributed by atoms with Crippen LogP contribution >= 0.6 is 11.6 Å². The topological polar surface area (TPSA) is 113 Å². The Kier molecular flexibility index (Phi) is 6.68. The number of unbranched alkanes of at least 4 members (excludes halogenated alkanes) is 1. The van der Waals surface area contributed by atoms with E-state index in [1.54, 1.807) is 19.2 Å². The van der Waals surface area contributed by atoms with Gasteiger partial charge in [-0.1, -0.05) is 31.0 Å². The Morgan fingerprint density at radius 2 is 2.07 bits per heavy atom. The first-order valence-electron chi connectivity index (χ1n) is 8.64. The zero-order valence-corrected chi connectivity index (χ0v) is 16.4. The van der Waals surface area contributed by atoms with Crippen LogP contribution in [0.25, 0.3) is 0 Å². The van der Waals surface area contributed by atoms with E-state index in [2.05, 4.69) is 10.3 Å². The van der Waals surface area contributed by atoms with E-state index in [0.717, 1.165) is 18.4 Å². The van der Waals surface area contributed by atoms with Gasteiger partial charge in [-0.2, -0.15) is 0 Å². The SMILES string of the molecule is CCCCn1c(N)c(N(C)CC(=O)Nc2ccc(C)cc2Cl)c(=O)[nH]c1=O. The number of halogens is 1. The van der Waals surface area contributed by atoms with Crippen molar-refractivity contribution >= 4 is 34.7 Å². The van der Waals surface area contributed by atoms with E-state index in [1.165, 1.54) is 9.47 Å². The molecular weight excluding hydrogens is 370 g/mol. The maximum absolute atomic E-state index is 12.3. The van der Waals surface area contributed by atoms with Crippen LogP contribution in [-0.4, -0.2) is 29.1 Å². The number of H-pyrrole nitrogens is 1. The second-order valence-electron chi connectivity index (χ2n) is 6.39. The fourth-order valence-corrected chi connectivity index (χ4v) is 2.97. The standard InChI is InChI=1S/C18H24ClN5O3/c1-4-5-8-24-16(20)15(17(26)22-18(24)27)23(3)10-14(25)21-13-7-6-11(2)9-12(13)19/h6-7,9H,4-5,8,10,20H2,1-3H3,(H,21,25)(H,22,26,27). The zero-order chi connectivity index (χ0) is 20.1. The first-order chi connectivity index (χ1) is 12.7. The van der Waals surface area contributed by atoms with E-state index in [0.29, 0.717) is 17.3 Å². The molecule has 4 N–H and O–H groups in total. The maximum atomic E-state index is 12.3. The number of carbonyl (C=O) groups is 1.